The van der Waals surface area contributed by atoms with Crippen molar-refractivity contribution < 1.29 is 14.3 Å². The minimum absolute atomic E-state index is 0. The van der Waals surface area contributed by atoms with Gasteiger partial charge in [-0.1, -0.05) is 36.4 Å². The lowest BCUT2D eigenvalue weighted by atomic mass is 9.75. The normalized spacial score (nSPS) is 25.7. The molecule has 2 heterocycles. The van der Waals surface area contributed by atoms with Crippen LogP contribution in [0.5, 0.6) is 11.5 Å². The summed E-state index contributed by atoms with van der Waals surface area (Å²) < 4.78 is 11.7. The molecule has 2 bridgehead atoms. The Morgan fingerprint density at radius 1 is 1.04 bits per heavy atom. The monoisotopic (exact) mass is 463 g/mol. The van der Waals surface area contributed by atoms with Crippen LogP contribution in [0.1, 0.15) is 29.9 Å². The Labute approximate surface area is 170 Å². The van der Waals surface area contributed by atoms with Crippen LogP contribution < -0.4 is 9.47 Å². The Bertz CT molecular complexity index is 824. The van der Waals surface area contributed by atoms with Gasteiger partial charge in [0.2, 0.25) is 6.10 Å². The quantitative estimate of drug-likeness (QED) is 0.605. The molecule has 2 aromatic rings. The molecule has 5 heteroatoms. The zero-order valence-electron chi connectivity index (χ0n) is 14.5. The summed E-state index contributed by atoms with van der Waals surface area (Å²) in [4.78, 5) is 15.1. The molecule has 0 aromatic heterocycles. The van der Waals surface area contributed by atoms with Crippen LogP contribution in [0.25, 0.3) is 0 Å². The van der Waals surface area contributed by atoms with E-state index in [2.05, 4.69) is 24.3 Å². The number of likely N-dealkylation sites (tertiary alicyclic amines) is 1. The van der Waals surface area contributed by atoms with Crippen molar-refractivity contribution in [2.75, 3.05) is 13.2 Å². The second-order valence-corrected chi connectivity index (χ2v) is 7.17. The van der Waals surface area contributed by atoms with Crippen LogP contribution in [-0.4, -0.2) is 36.1 Å². The zero-order valence-corrected chi connectivity index (χ0v) is 16.8. The zero-order chi connectivity index (χ0) is 16.8. The molecule has 1 saturated heterocycles. The van der Waals surface area contributed by atoms with E-state index in [1.165, 1.54) is 11.1 Å². The van der Waals surface area contributed by atoms with Crippen molar-refractivity contribution >= 4 is 29.9 Å². The third kappa shape index (κ3) is 2.96. The van der Waals surface area contributed by atoms with E-state index >= 15 is 0 Å². The summed E-state index contributed by atoms with van der Waals surface area (Å²) in [6.07, 6.45) is 2.50. The summed E-state index contributed by atoms with van der Waals surface area (Å²) in [5, 5.41) is 0. The molecule has 3 aliphatic rings. The highest BCUT2D eigenvalue weighted by atomic mass is 127. The van der Waals surface area contributed by atoms with E-state index in [1.807, 2.05) is 29.2 Å². The van der Waals surface area contributed by atoms with E-state index in [1.54, 1.807) is 0 Å². The number of para-hydroxylation sites is 2. The molecule has 1 fully saturated rings. The van der Waals surface area contributed by atoms with Crippen LogP contribution in [0.2, 0.25) is 0 Å². The molecule has 0 radical (unpaired) electrons. The van der Waals surface area contributed by atoms with Crippen LogP contribution in [-0.2, 0) is 11.2 Å². The molecular weight excluding hydrogens is 441 g/mol. The van der Waals surface area contributed by atoms with Crippen molar-refractivity contribution in [3.63, 3.8) is 0 Å². The van der Waals surface area contributed by atoms with Crippen LogP contribution in [0, 0.1) is 0 Å². The number of hydrogen-bond donors (Lipinski definition) is 0. The summed E-state index contributed by atoms with van der Waals surface area (Å²) in [6, 6.07) is 16.5. The molecule has 2 aliphatic heterocycles. The molecule has 0 saturated carbocycles. The number of carbonyl (C=O) groups is 1. The highest BCUT2D eigenvalue weighted by Gasteiger charge is 2.40. The van der Waals surface area contributed by atoms with E-state index in [4.69, 9.17) is 9.47 Å². The molecule has 1 amide bonds. The molecule has 0 unspecified atom stereocenters. The summed E-state index contributed by atoms with van der Waals surface area (Å²) in [5.74, 6) is 2.04. The van der Waals surface area contributed by atoms with Gasteiger partial charge in [0, 0.05) is 12.6 Å². The van der Waals surface area contributed by atoms with Gasteiger partial charge >= 0.3 is 0 Å². The first kappa shape index (κ1) is 17.6. The lowest BCUT2D eigenvalue weighted by molar-refractivity contribution is -0.145. The summed E-state index contributed by atoms with van der Waals surface area (Å²) in [6.45, 7) is 1.10. The average molecular weight is 463 g/mol. The summed E-state index contributed by atoms with van der Waals surface area (Å²) in [5.41, 5.74) is 2.88. The first-order chi connectivity index (χ1) is 12.3. The fourth-order valence-electron chi connectivity index (χ4n) is 4.52. The van der Waals surface area contributed by atoms with E-state index in [9.17, 15) is 4.79 Å². The van der Waals surface area contributed by atoms with Gasteiger partial charge in [-0.15, -0.1) is 24.0 Å². The number of rotatable bonds is 1. The topological polar surface area (TPSA) is 38.8 Å². The third-order valence-corrected chi connectivity index (χ3v) is 5.73. The molecule has 2 aromatic carbocycles. The van der Waals surface area contributed by atoms with E-state index in [0.29, 0.717) is 18.3 Å². The van der Waals surface area contributed by atoms with Crippen molar-refractivity contribution in [2.45, 2.75) is 37.3 Å². The number of benzene rings is 2. The summed E-state index contributed by atoms with van der Waals surface area (Å²) >= 11 is 0. The Morgan fingerprint density at radius 2 is 1.81 bits per heavy atom. The van der Waals surface area contributed by atoms with Gasteiger partial charge in [0.15, 0.2) is 11.5 Å². The number of carbonyl (C=O) groups excluding carboxylic acids is 1. The predicted molar refractivity (Wildman–Crippen MR) is 109 cm³/mol. The third-order valence-electron chi connectivity index (χ3n) is 5.73. The summed E-state index contributed by atoms with van der Waals surface area (Å²) in [7, 11) is 0. The van der Waals surface area contributed by atoms with Crippen LogP contribution in [0.3, 0.4) is 0 Å². The standard InChI is InChI=1S/C21H21NO3.HI/c23-21(20-13-24-18-7-3-4-8-19(18)25-20)22-10-9-15-12-16(22)11-14-5-1-2-6-17(14)15;/h1-8,15-16,20H,9-13H2;1H/t15-,16-,20+;/m1./s1. The smallest absolute Gasteiger partial charge is 0.267 e. The number of hydrogen-bond acceptors (Lipinski definition) is 3. The SMILES string of the molecule is I.O=C([C@@H]1COc2ccccc2O1)N1CC[C@@H]2C[C@H]1Cc1ccccc12. The van der Waals surface area contributed by atoms with Gasteiger partial charge in [-0.05, 0) is 48.4 Å². The van der Waals surface area contributed by atoms with Crippen molar-refractivity contribution in [3.8, 4) is 11.5 Å². The number of piperidine rings is 1. The Hall–Kier alpha value is -1.76. The molecule has 4 nitrogen and oxygen atoms in total. The van der Waals surface area contributed by atoms with Gasteiger partial charge in [-0.3, -0.25) is 4.79 Å². The maximum atomic E-state index is 13.1. The van der Waals surface area contributed by atoms with Gasteiger partial charge in [-0.25, -0.2) is 0 Å². The van der Waals surface area contributed by atoms with Gasteiger partial charge in [0.25, 0.3) is 5.91 Å². The first-order valence-corrected chi connectivity index (χ1v) is 9.06. The molecule has 136 valence electrons. The van der Waals surface area contributed by atoms with Gasteiger partial charge in [0.1, 0.15) is 6.61 Å². The number of fused-ring (bicyclic) bond motifs is 5. The molecule has 0 spiro atoms. The number of amides is 1. The van der Waals surface area contributed by atoms with E-state index in [-0.39, 0.29) is 35.9 Å². The van der Waals surface area contributed by atoms with Crippen molar-refractivity contribution in [2.24, 2.45) is 0 Å². The second-order valence-electron chi connectivity index (χ2n) is 7.17. The Balaban J connectivity index is 0.00000168. The number of nitrogens with zero attached hydrogens (tertiary/aromatic N) is 1. The van der Waals surface area contributed by atoms with Gasteiger partial charge in [0.05, 0.1) is 0 Å². The largest absolute Gasteiger partial charge is 0.485 e. The first-order valence-electron chi connectivity index (χ1n) is 9.06. The molecule has 26 heavy (non-hydrogen) atoms. The minimum Gasteiger partial charge on any atom is -0.485 e. The van der Waals surface area contributed by atoms with Crippen molar-refractivity contribution in [1.29, 1.82) is 0 Å². The minimum atomic E-state index is -0.538. The molecule has 3 atom stereocenters. The highest BCUT2D eigenvalue weighted by Crippen LogP contribution is 2.40. The molecule has 0 N–H and O–H groups in total. The van der Waals surface area contributed by atoms with Crippen molar-refractivity contribution in [3.05, 3.63) is 59.7 Å². The van der Waals surface area contributed by atoms with Gasteiger partial charge < -0.3 is 14.4 Å². The predicted octanol–water partition coefficient (Wildman–Crippen LogP) is 3.78. The van der Waals surface area contributed by atoms with Gasteiger partial charge in [-0.2, -0.15) is 0 Å². The van der Waals surface area contributed by atoms with Crippen LogP contribution >= 0.6 is 24.0 Å². The lowest BCUT2D eigenvalue weighted by Gasteiger charge is -2.45. The Morgan fingerprint density at radius 3 is 2.69 bits per heavy atom. The molecule has 1 aliphatic carbocycles. The van der Waals surface area contributed by atoms with E-state index in [0.717, 1.165) is 31.6 Å². The van der Waals surface area contributed by atoms with Crippen LogP contribution in [0.4, 0.5) is 0 Å². The maximum Gasteiger partial charge on any atom is 0.267 e. The average Bonchev–Trinajstić information content (AvgIpc) is 2.67. The second kappa shape index (κ2) is 7.10. The number of ether oxygens (including phenoxy) is 2. The van der Waals surface area contributed by atoms with E-state index < -0.39 is 6.10 Å². The number of halogens is 1. The Kier molecular flexibility index (Phi) is 4.82. The molecule has 5 rings (SSSR count). The lowest BCUT2D eigenvalue weighted by Crippen LogP contribution is -2.54. The van der Waals surface area contributed by atoms with Crippen molar-refractivity contribution in [1.82, 2.24) is 4.90 Å². The fraction of sp³-hybridized carbons (Fsp3) is 0.381. The highest BCUT2D eigenvalue weighted by molar-refractivity contribution is 14.0. The maximum absolute atomic E-state index is 13.1. The van der Waals surface area contributed by atoms with Crippen LogP contribution in [0.15, 0.2) is 48.5 Å². The fourth-order valence-corrected chi connectivity index (χ4v) is 4.52. The molecular formula is C21H22INO3.